The molecule has 1 atom stereocenters. The zero-order chi connectivity index (χ0) is 15.8. The quantitative estimate of drug-likeness (QED) is 0.777. The minimum atomic E-state index is -0.268. The van der Waals surface area contributed by atoms with Gasteiger partial charge in [0, 0.05) is 20.1 Å². The topological polar surface area (TPSA) is 58.6 Å². The maximum absolute atomic E-state index is 11.8. The zero-order valence-electron chi connectivity index (χ0n) is 13.2. The van der Waals surface area contributed by atoms with Gasteiger partial charge in [0.1, 0.15) is 0 Å². The number of hydrogen-bond acceptors (Lipinski definition) is 4. The van der Waals surface area contributed by atoms with Gasteiger partial charge in [-0.3, -0.25) is 9.59 Å². The Labute approximate surface area is 126 Å². The van der Waals surface area contributed by atoms with Crippen LogP contribution in [0.25, 0.3) is 0 Å². The summed E-state index contributed by atoms with van der Waals surface area (Å²) >= 11 is 0. The predicted molar refractivity (Wildman–Crippen MR) is 81.9 cm³/mol. The first-order valence-corrected chi connectivity index (χ1v) is 7.10. The summed E-state index contributed by atoms with van der Waals surface area (Å²) in [6.07, 6.45) is 0.208. The van der Waals surface area contributed by atoms with E-state index >= 15 is 0 Å². The third kappa shape index (κ3) is 5.55. The summed E-state index contributed by atoms with van der Waals surface area (Å²) in [7, 11) is 3.41. The molecule has 0 spiro atoms. The van der Waals surface area contributed by atoms with Crippen LogP contribution >= 0.6 is 0 Å². The maximum Gasteiger partial charge on any atom is 0.307 e. The van der Waals surface area contributed by atoms with Gasteiger partial charge in [-0.1, -0.05) is 24.3 Å². The maximum atomic E-state index is 11.8. The van der Waals surface area contributed by atoms with Crippen LogP contribution in [0.15, 0.2) is 24.3 Å². The van der Waals surface area contributed by atoms with E-state index in [9.17, 15) is 9.59 Å². The molecule has 0 heterocycles. The van der Waals surface area contributed by atoms with Crippen molar-refractivity contribution in [2.45, 2.75) is 26.3 Å². The number of nitrogens with one attached hydrogen (secondary N) is 1. The Morgan fingerprint density at radius 3 is 2.52 bits per heavy atom. The van der Waals surface area contributed by atoms with Gasteiger partial charge in [0.25, 0.3) is 0 Å². The van der Waals surface area contributed by atoms with Crippen molar-refractivity contribution in [3.8, 4) is 0 Å². The Morgan fingerprint density at radius 1 is 1.29 bits per heavy atom. The van der Waals surface area contributed by atoms with Crippen LogP contribution in [0.2, 0.25) is 0 Å². The van der Waals surface area contributed by atoms with Gasteiger partial charge in [-0.15, -0.1) is 0 Å². The van der Waals surface area contributed by atoms with Crippen molar-refractivity contribution in [1.29, 1.82) is 0 Å². The van der Waals surface area contributed by atoms with Gasteiger partial charge >= 0.3 is 5.97 Å². The number of hydrogen-bond donors (Lipinski definition) is 1. The lowest BCUT2D eigenvalue weighted by Crippen LogP contribution is -2.36. The fourth-order valence-electron chi connectivity index (χ4n) is 2.03. The minimum Gasteiger partial charge on any atom is -0.466 e. The lowest BCUT2D eigenvalue weighted by molar-refractivity contribution is -0.144. The molecular formula is C16H24N2O3. The Bertz CT molecular complexity index is 486. The van der Waals surface area contributed by atoms with Crippen LogP contribution in [0.3, 0.4) is 0 Å². The van der Waals surface area contributed by atoms with Crippen molar-refractivity contribution in [2.75, 3.05) is 27.2 Å². The number of carbonyl (C=O) groups excluding carboxylic acids is 2. The molecule has 5 heteroatoms. The molecule has 116 valence electrons. The molecule has 0 bridgehead atoms. The normalized spacial score (nSPS) is 11.8. The van der Waals surface area contributed by atoms with Gasteiger partial charge in [-0.2, -0.15) is 0 Å². The van der Waals surface area contributed by atoms with Gasteiger partial charge in [-0.25, -0.2) is 0 Å². The Kier molecular flexibility index (Phi) is 6.88. The van der Waals surface area contributed by atoms with E-state index in [2.05, 4.69) is 5.32 Å². The zero-order valence-corrected chi connectivity index (χ0v) is 13.2. The smallest absolute Gasteiger partial charge is 0.307 e. The van der Waals surface area contributed by atoms with Crippen LogP contribution in [0.4, 0.5) is 0 Å². The fourth-order valence-corrected chi connectivity index (χ4v) is 2.03. The van der Waals surface area contributed by atoms with E-state index in [4.69, 9.17) is 4.74 Å². The lowest BCUT2D eigenvalue weighted by Gasteiger charge is -2.21. The van der Waals surface area contributed by atoms with E-state index in [1.165, 1.54) is 4.90 Å². The summed E-state index contributed by atoms with van der Waals surface area (Å²) < 4.78 is 5.01. The van der Waals surface area contributed by atoms with E-state index in [0.29, 0.717) is 6.61 Å². The second-order valence-electron chi connectivity index (χ2n) is 5.09. The molecule has 0 radical (unpaired) electrons. The van der Waals surface area contributed by atoms with Gasteiger partial charge in [0.2, 0.25) is 5.91 Å². The summed E-state index contributed by atoms with van der Waals surface area (Å²) in [5.41, 5.74) is 2.09. The molecule has 0 aliphatic carbocycles. The average molecular weight is 292 g/mol. The Hall–Kier alpha value is -1.88. The number of benzene rings is 1. The highest BCUT2D eigenvalue weighted by molar-refractivity contribution is 5.78. The van der Waals surface area contributed by atoms with Crippen molar-refractivity contribution in [1.82, 2.24) is 10.2 Å². The number of amides is 1. The monoisotopic (exact) mass is 292 g/mol. The first-order chi connectivity index (χ1) is 9.95. The second-order valence-corrected chi connectivity index (χ2v) is 5.09. The highest BCUT2D eigenvalue weighted by atomic mass is 16.5. The van der Waals surface area contributed by atoms with Crippen LogP contribution in [0.5, 0.6) is 0 Å². The molecule has 1 amide bonds. The third-order valence-electron chi connectivity index (χ3n) is 3.24. The van der Waals surface area contributed by atoms with Crippen LogP contribution < -0.4 is 5.32 Å². The number of nitrogens with zero attached hydrogens (tertiary/aromatic N) is 1. The van der Waals surface area contributed by atoms with Crippen molar-refractivity contribution in [3.63, 3.8) is 0 Å². The molecule has 1 rings (SSSR count). The molecule has 1 aromatic carbocycles. The van der Waals surface area contributed by atoms with Crippen molar-refractivity contribution >= 4 is 11.9 Å². The van der Waals surface area contributed by atoms with Crippen molar-refractivity contribution < 1.29 is 14.3 Å². The summed E-state index contributed by atoms with van der Waals surface area (Å²) in [5, 5.41) is 3.16. The molecule has 21 heavy (non-hydrogen) atoms. The Morgan fingerprint density at radius 2 is 1.95 bits per heavy atom. The fraction of sp³-hybridized carbons (Fsp3) is 0.500. The molecule has 1 N–H and O–H groups in total. The summed E-state index contributed by atoms with van der Waals surface area (Å²) in [4.78, 5) is 25.0. The number of likely N-dealkylation sites (N-methyl/N-ethyl adjacent to an activating group) is 1. The third-order valence-corrected chi connectivity index (χ3v) is 3.24. The Balaban J connectivity index is 2.82. The standard InChI is InChI=1S/C16H24N2O3/c1-5-21-16(20)10-14(17-11-15(19)18(3)4)13-9-7-6-8-12(13)2/h6-9,14,17H,5,10-11H2,1-4H3. The van der Waals surface area contributed by atoms with E-state index in [1.54, 1.807) is 21.0 Å². The SMILES string of the molecule is CCOC(=O)CC(NCC(=O)N(C)C)c1ccccc1C. The van der Waals surface area contributed by atoms with E-state index in [0.717, 1.165) is 11.1 Å². The summed E-state index contributed by atoms with van der Waals surface area (Å²) in [5.74, 6) is -0.298. The molecule has 5 nitrogen and oxygen atoms in total. The van der Waals surface area contributed by atoms with Gasteiger partial charge < -0.3 is 15.0 Å². The second kappa shape index (κ2) is 8.42. The molecule has 0 aliphatic heterocycles. The van der Waals surface area contributed by atoms with Crippen molar-refractivity contribution in [2.24, 2.45) is 0 Å². The van der Waals surface area contributed by atoms with Crippen LogP contribution in [0.1, 0.15) is 30.5 Å². The van der Waals surface area contributed by atoms with E-state index in [-0.39, 0.29) is 30.9 Å². The number of ether oxygens (including phenoxy) is 1. The molecule has 0 saturated heterocycles. The molecule has 0 saturated carbocycles. The van der Waals surface area contributed by atoms with E-state index in [1.807, 2.05) is 31.2 Å². The first kappa shape index (κ1) is 17.2. The largest absolute Gasteiger partial charge is 0.466 e. The molecular weight excluding hydrogens is 268 g/mol. The molecule has 1 aromatic rings. The number of carbonyl (C=O) groups is 2. The van der Waals surface area contributed by atoms with Gasteiger partial charge in [0.15, 0.2) is 0 Å². The molecule has 1 unspecified atom stereocenters. The van der Waals surface area contributed by atoms with Crippen molar-refractivity contribution in [3.05, 3.63) is 35.4 Å². The molecule has 0 fully saturated rings. The number of rotatable bonds is 7. The van der Waals surface area contributed by atoms with Crippen LogP contribution in [0, 0.1) is 6.92 Å². The highest BCUT2D eigenvalue weighted by Crippen LogP contribution is 2.21. The minimum absolute atomic E-state index is 0.0301. The summed E-state index contributed by atoms with van der Waals surface area (Å²) in [6, 6.07) is 7.60. The lowest BCUT2D eigenvalue weighted by atomic mass is 9.99. The highest BCUT2D eigenvalue weighted by Gasteiger charge is 2.19. The van der Waals surface area contributed by atoms with Gasteiger partial charge in [0.05, 0.1) is 19.6 Å². The molecule has 0 aromatic heterocycles. The van der Waals surface area contributed by atoms with Gasteiger partial charge in [-0.05, 0) is 25.0 Å². The van der Waals surface area contributed by atoms with E-state index < -0.39 is 0 Å². The summed E-state index contributed by atoms with van der Waals surface area (Å²) in [6.45, 7) is 4.31. The van der Waals surface area contributed by atoms with Crippen LogP contribution in [-0.2, 0) is 14.3 Å². The molecule has 0 aliphatic rings. The first-order valence-electron chi connectivity index (χ1n) is 7.10. The number of esters is 1. The number of aryl methyl sites for hydroxylation is 1. The average Bonchev–Trinajstić information content (AvgIpc) is 2.44. The predicted octanol–water partition coefficient (Wildman–Crippen LogP) is 1.67. The van der Waals surface area contributed by atoms with Crippen LogP contribution in [-0.4, -0.2) is 44.0 Å².